The van der Waals surface area contributed by atoms with E-state index < -0.39 is 0 Å². The van der Waals surface area contributed by atoms with Crippen LogP contribution >= 0.6 is 0 Å². The molecule has 5 heteroatoms. The number of rotatable bonds is 4. The molecule has 1 heterocycles. The highest BCUT2D eigenvalue weighted by atomic mass is 16.5. The van der Waals surface area contributed by atoms with Crippen LogP contribution in [0.4, 0.5) is 0 Å². The molecule has 1 atom stereocenters. The number of hydrogen-bond donors (Lipinski definition) is 2. The van der Waals surface area contributed by atoms with E-state index in [-0.39, 0.29) is 24.3 Å². The van der Waals surface area contributed by atoms with Crippen LogP contribution in [0.5, 0.6) is 5.75 Å². The third kappa shape index (κ3) is 3.45. The average Bonchev–Trinajstić information content (AvgIpc) is 2.46. The van der Waals surface area contributed by atoms with Crippen molar-refractivity contribution in [3.05, 3.63) is 29.8 Å². The molecule has 19 heavy (non-hydrogen) atoms. The lowest BCUT2D eigenvalue weighted by atomic mass is 10.1. The normalized spacial score (nSPS) is 19.4. The summed E-state index contributed by atoms with van der Waals surface area (Å²) in [6, 6.07) is 6.77. The lowest BCUT2D eigenvalue weighted by Crippen LogP contribution is -2.50. The zero-order valence-corrected chi connectivity index (χ0v) is 10.8. The first-order chi connectivity index (χ1) is 9.22. The van der Waals surface area contributed by atoms with Crippen molar-refractivity contribution in [2.75, 3.05) is 26.4 Å². The van der Waals surface area contributed by atoms with Crippen LogP contribution in [0.1, 0.15) is 12.0 Å². The molecule has 1 amide bonds. The van der Waals surface area contributed by atoms with E-state index in [2.05, 4.69) is 0 Å². The number of carbonyl (C=O) groups is 1. The number of phenolic OH excluding ortho intramolecular Hbond substituents is 1. The molecule has 0 aromatic heterocycles. The van der Waals surface area contributed by atoms with Crippen LogP contribution in [0.3, 0.4) is 0 Å². The predicted octanol–water partition coefficient (Wildman–Crippen LogP) is 0.544. The van der Waals surface area contributed by atoms with Crippen molar-refractivity contribution < 1.29 is 19.7 Å². The Morgan fingerprint density at radius 1 is 1.42 bits per heavy atom. The molecule has 0 aliphatic carbocycles. The molecule has 1 aliphatic heterocycles. The highest BCUT2D eigenvalue weighted by Gasteiger charge is 2.26. The standard InChI is InChI=1S/C14H19NO4/c16-9-12-10-19-8-7-15(12)14(18)6-5-11-3-1-2-4-13(11)17/h1-4,12,16-17H,5-10H2. The first-order valence-electron chi connectivity index (χ1n) is 6.47. The molecule has 1 saturated heterocycles. The fourth-order valence-corrected chi connectivity index (χ4v) is 2.24. The van der Waals surface area contributed by atoms with Crippen molar-refractivity contribution in [2.24, 2.45) is 0 Å². The van der Waals surface area contributed by atoms with Gasteiger partial charge in [-0.25, -0.2) is 0 Å². The second-order valence-electron chi connectivity index (χ2n) is 4.63. The number of aliphatic hydroxyl groups excluding tert-OH is 1. The second-order valence-corrected chi connectivity index (χ2v) is 4.63. The van der Waals surface area contributed by atoms with E-state index in [1.165, 1.54) is 0 Å². The number of aryl methyl sites for hydroxylation is 1. The minimum Gasteiger partial charge on any atom is -0.508 e. The first-order valence-corrected chi connectivity index (χ1v) is 6.47. The molecule has 0 bridgehead atoms. The van der Waals surface area contributed by atoms with E-state index in [0.717, 1.165) is 5.56 Å². The Kier molecular flexibility index (Phi) is 4.76. The fraction of sp³-hybridized carbons (Fsp3) is 0.500. The van der Waals surface area contributed by atoms with Crippen molar-refractivity contribution in [2.45, 2.75) is 18.9 Å². The van der Waals surface area contributed by atoms with Gasteiger partial charge in [0, 0.05) is 13.0 Å². The van der Waals surface area contributed by atoms with Crippen LogP contribution < -0.4 is 0 Å². The van der Waals surface area contributed by atoms with Crippen molar-refractivity contribution in [1.82, 2.24) is 4.90 Å². The number of nitrogens with zero attached hydrogens (tertiary/aromatic N) is 1. The van der Waals surface area contributed by atoms with Gasteiger partial charge in [-0.2, -0.15) is 0 Å². The number of ether oxygens (including phenoxy) is 1. The Balaban J connectivity index is 1.92. The number of amides is 1. The van der Waals surface area contributed by atoms with Gasteiger partial charge < -0.3 is 19.8 Å². The smallest absolute Gasteiger partial charge is 0.223 e. The van der Waals surface area contributed by atoms with Gasteiger partial charge in [0.2, 0.25) is 5.91 Å². The van der Waals surface area contributed by atoms with E-state index in [9.17, 15) is 15.0 Å². The van der Waals surface area contributed by atoms with E-state index in [1.54, 1.807) is 17.0 Å². The van der Waals surface area contributed by atoms with Gasteiger partial charge in [-0.3, -0.25) is 4.79 Å². The first kappa shape index (κ1) is 13.8. The summed E-state index contributed by atoms with van der Waals surface area (Å²) in [6.07, 6.45) is 0.828. The molecule has 0 saturated carbocycles. The lowest BCUT2D eigenvalue weighted by Gasteiger charge is -2.34. The number of benzene rings is 1. The van der Waals surface area contributed by atoms with Gasteiger partial charge >= 0.3 is 0 Å². The molecule has 0 spiro atoms. The second kappa shape index (κ2) is 6.54. The molecular formula is C14H19NO4. The van der Waals surface area contributed by atoms with Crippen molar-refractivity contribution >= 4 is 5.91 Å². The molecule has 0 radical (unpaired) electrons. The summed E-state index contributed by atoms with van der Waals surface area (Å²) in [5.74, 6) is 0.210. The topological polar surface area (TPSA) is 70.0 Å². The number of morpholine rings is 1. The van der Waals surface area contributed by atoms with Crippen LogP contribution in [0.15, 0.2) is 24.3 Å². The molecule has 2 N–H and O–H groups in total. The lowest BCUT2D eigenvalue weighted by molar-refractivity contribution is -0.141. The quantitative estimate of drug-likeness (QED) is 0.834. The van der Waals surface area contributed by atoms with E-state index >= 15 is 0 Å². The highest BCUT2D eigenvalue weighted by molar-refractivity contribution is 5.77. The van der Waals surface area contributed by atoms with Crippen LogP contribution in [0.2, 0.25) is 0 Å². The van der Waals surface area contributed by atoms with E-state index in [4.69, 9.17) is 4.74 Å². The van der Waals surface area contributed by atoms with Crippen LogP contribution in [-0.2, 0) is 16.0 Å². The largest absolute Gasteiger partial charge is 0.508 e. The summed E-state index contributed by atoms with van der Waals surface area (Å²) in [5, 5.41) is 18.9. The van der Waals surface area contributed by atoms with Crippen molar-refractivity contribution in [3.8, 4) is 5.75 Å². The zero-order valence-electron chi connectivity index (χ0n) is 10.8. The SMILES string of the molecule is O=C(CCc1ccccc1O)N1CCOCC1CO. The number of para-hydroxylation sites is 1. The van der Waals surface area contributed by atoms with Gasteiger partial charge in [0.25, 0.3) is 0 Å². The number of phenols is 1. The molecule has 1 unspecified atom stereocenters. The molecule has 104 valence electrons. The Bertz CT molecular complexity index is 435. The van der Waals surface area contributed by atoms with E-state index in [1.807, 2.05) is 12.1 Å². The van der Waals surface area contributed by atoms with Gasteiger partial charge in [-0.05, 0) is 18.1 Å². The Hall–Kier alpha value is -1.59. The molecule has 5 nitrogen and oxygen atoms in total. The minimum absolute atomic E-state index is 0.00870. The summed E-state index contributed by atoms with van der Waals surface area (Å²) < 4.78 is 5.24. The summed E-state index contributed by atoms with van der Waals surface area (Å²) in [4.78, 5) is 13.8. The Labute approximate surface area is 112 Å². The van der Waals surface area contributed by atoms with Gasteiger partial charge in [0.15, 0.2) is 0 Å². The molecule has 1 aliphatic rings. The highest BCUT2D eigenvalue weighted by Crippen LogP contribution is 2.18. The van der Waals surface area contributed by atoms with Crippen LogP contribution in [-0.4, -0.2) is 53.4 Å². The van der Waals surface area contributed by atoms with Gasteiger partial charge in [-0.15, -0.1) is 0 Å². The molecule has 1 aromatic rings. The van der Waals surface area contributed by atoms with Crippen molar-refractivity contribution in [3.63, 3.8) is 0 Å². The van der Waals surface area contributed by atoms with Crippen LogP contribution in [0.25, 0.3) is 0 Å². The Morgan fingerprint density at radius 3 is 2.95 bits per heavy atom. The zero-order chi connectivity index (χ0) is 13.7. The number of carbonyl (C=O) groups excluding carboxylic acids is 1. The fourth-order valence-electron chi connectivity index (χ4n) is 2.24. The number of hydrogen-bond acceptors (Lipinski definition) is 4. The van der Waals surface area contributed by atoms with Crippen LogP contribution in [0, 0.1) is 0 Å². The summed E-state index contributed by atoms with van der Waals surface area (Å²) >= 11 is 0. The van der Waals surface area contributed by atoms with Gasteiger partial charge in [-0.1, -0.05) is 18.2 Å². The maximum Gasteiger partial charge on any atom is 0.223 e. The third-order valence-electron chi connectivity index (χ3n) is 3.36. The minimum atomic E-state index is -0.245. The molecule has 1 aromatic carbocycles. The van der Waals surface area contributed by atoms with E-state index in [0.29, 0.717) is 32.6 Å². The summed E-state index contributed by atoms with van der Waals surface area (Å²) in [5.41, 5.74) is 0.768. The third-order valence-corrected chi connectivity index (χ3v) is 3.36. The molecule has 2 rings (SSSR count). The van der Waals surface area contributed by atoms with Gasteiger partial charge in [0.1, 0.15) is 5.75 Å². The number of aromatic hydroxyl groups is 1. The molecular weight excluding hydrogens is 246 g/mol. The van der Waals surface area contributed by atoms with Gasteiger partial charge in [0.05, 0.1) is 25.9 Å². The maximum absolute atomic E-state index is 12.1. The number of aliphatic hydroxyl groups is 1. The Morgan fingerprint density at radius 2 is 2.21 bits per heavy atom. The summed E-state index contributed by atoms with van der Waals surface area (Å²) in [7, 11) is 0. The average molecular weight is 265 g/mol. The van der Waals surface area contributed by atoms with Crippen molar-refractivity contribution in [1.29, 1.82) is 0 Å². The summed E-state index contributed by atoms with van der Waals surface area (Å²) in [6.45, 7) is 1.34. The maximum atomic E-state index is 12.1. The molecule has 1 fully saturated rings. The predicted molar refractivity (Wildman–Crippen MR) is 69.8 cm³/mol. The monoisotopic (exact) mass is 265 g/mol.